The molecule has 0 bridgehead atoms. The Labute approximate surface area is 62.9 Å². The van der Waals surface area contributed by atoms with Crippen LogP contribution in [0.2, 0.25) is 0 Å². The number of hydrogen-bond donors (Lipinski definition) is 0. The highest BCUT2D eigenvalue weighted by atomic mass is 32.1. The van der Waals surface area contributed by atoms with Crippen LogP contribution in [0.4, 0.5) is 0 Å². The van der Waals surface area contributed by atoms with Crippen LogP contribution in [0.25, 0.3) is 10.6 Å². The third kappa shape index (κ3) is 0.866. The fourth-order valence-corrected chi connectivity index (χ4v) is 1.47. The van der Waals surface area contributed by atoms with E-state index in [0.29, 0.717) is 0 Å². The molecule has 0 aliphatic heterocycles. The number of thiophene rings is 1. The number of furan rings is 1. The zero-order valence-electron chi connectivity index (χ0n) is 5.20. The van der Waals surface area contributed by atoms with Crippen molar-refractivity contribution in [3.63, 3.8) is 0 Å². The van der Waals surface area contributed by atoms with E-state index in [4.69, 9.17) is 4.42 Å². The lowest BCUT2D eigenvalue weighted by molar-refractivity contribution is 0.583. The second-order valence-electron chi connectivity index (χ2n) is 1.89. The van der Waals surface area contributed by atoms with Crippen molar-refractivity contribution in [1.29, 1.82) is 0 Å². The van der Waals surface area contributed by atoms with Gasteiger partial charge in [-0.1, -0.05) is 6.07 Å². The van der Waals surface area contributed by atoms with Gasteiger partial charge in [0, 0.05) is 6.07 Å². The van der Waals surface area contributed by atoms with Gasteiger partial charge in [-0.05, 0) is 17.5 Å². The van der Waals surface area contributed by atoms with E-state index in [9.17, 15) is 0 Å². The van der Waals surface area contributed by atoms with Gasteiger partial charge in [0.1, 0.15) is 5.76 Å². The van der Waals surface area contributed by atoms with E-state index < -0.39 is 0 Å². The maximum Gasteiger partial charge on any atom is 0.144 e. The first-order valence-electron chi connectivity index (χ1n) is 2.95. The summed E-state index contributed by atoms with van der Waals surface area (Å²) >= 11 is 1.67. The van der Waals surface area contributed by atoms with E-state index in [0.717, 1.165) is 10.6 Å². The molecule has 10 heavy (non-hydrogen) atoms. The van der Waals surface area contributed by atoms with Crippen molar-refractivity contribution in [2.24, 2.45) is 0 Å². The van der Waals surface area contributed by atoms with Crippen molar-refractivity contribution in [1.82, 2.24) is 0 Å². The summed E-state index contributed by atoms with van der Waals surface area (Å²) in [5.41, 5.74) is 0. The SMILES string of the molecule is [c]1coc(-c2cccs2)c1. The van der Waals surface area contributed by atoms with E-state index in [1.165, 1.54) is 0 Å². The Bertz CT molecular complexity index is 249. The van der Waals surface area contributed by atoms with Gasteiger partial charge in [-0.2, -0.15) is 0 Å². The van der Waals surface area contributed by atoms with Crippen LogP contribution in [0.1, 0.15) is 0 Å². The molecular weight excluding hydrogens is 144 g/mol. The van der Waals surface area contributed by atoms with Gasteiger partial charge in [-0.25, -0.2) is 0 Å². The Hall–Kier alpha value is -1.02. The van der Waals surface area contributed by atoms with Crippen LogP contribution in [-0.2, 0) is 0 Å². The quantitative estimate of drug-likeness (QED) is 0.607. The molecule has 2 aromatic rings. The van der Waals surface area contributed by atoms with Crippen LogP contribution in [0.3, 0.4) is 0 Å². The predicted molar refractivity (Wildman–Crippen MR) is 40.9 cm³/mol. The average molecular weight is 149 g/mol. The highest BCUT2D eigenvalue weighted by molar-refractivity contribution is 7.13. The molecule has 0 aromatic carbocycles. The van der Waals surface area contributed by atoms with Gasteiger partial charge in [-0.15, -0.1) is 11.3 Å². The maximum atomic E-state index is 5.13. The molecule has 0 amide bonds. The summed E-state index contributed by atoms with van der Waals surface area (Å²) < 4.78 is 5.13. The van der Waals surface area contributed by atoms with Gasteiger partial charge in [0.25, 0.3) is 0 Å². The summed E-state index contributed by atoms with van der Waals surface area (Å²) in [7, 11) is 0. The summed E-state index contributed by atoms with van der Waals surface area (Å²) in [5.74, 6) is 0.898. The van der Waals surface area contributed by atoms with Crippen LogP contribution < -0.4 is 0 Å². The number of rotatable bonds is 1. The van der Waals surface area contributed by atoms with E-state index in [1.54, 1.807) is 17.6 Å². The topological polar surface area (TPSA) is 13.1 Å². The molecule has 0 aliphatic carbocycles. The molecule has 2 heteroatoms. The standard InChI is InChI=1S/C8H5OS/c1-3-7(9-5-1)8-4-2-6-10-8/h2-6H. The first kappa shape index (κ1) is 5.74. The molecule has 1 radical (unpaired) electrons. The molecule has 1 nitrogen and oxygen atoms in total. The van der Waals surface area contributed by atoms with Gasteiger partial charge in [0.2, 0.25) is 0 Å². The Balaban J connectivity index is 2.48. The molecule has 0 saturated carbocycles. The lowest BCUT2D eigenvalue weighted by atomic mass is 10.4. The smallest absolute Gasteiger partial charge is 0.144 e. The van der Waals surface area contributed by atoms with Crippen molar-refractivity contribution < 1.29 is 4.42 Å². The molecule has 0 fully saturated rings. The fraction of sp³-hybridized carbons (Fsp3) is 0. The third-order valence-corrected chi connectivity index (χ3v) is 2.12. The Morgan fingerprint density at radius 3 is 3.10 bits per heavy atom. The lowest BCUT2D eigenvalue weighted by Gasteiger charge is -1.84. The van der Waals surface area contributed by atoms with E-state index in [2.05, 4.69) is 6.07 Å². The van der Waals surface area contributed by atoms with E-state index in [-0.39, 0.29) is 0 Å². The third-order valence-electron chi connectivity index (χ3n) is 1.23. The highest BCUT2D eigenvalue weighted by Crippen LogP contribution is 2.23. The lowest BCUT2D eigenvalue weighted by Crippen LogP contribution is -1.58. The Morgan fingerprint density at radius 1 is 1.50 bits per heavy atom. The zero-order chi connectivity index (χ0) is 6.81. The molecule has 49 valence electrons. The summed E-state index contributed by atoms with van der Waals surface area (Å²) in [6.07, 6.45) is 1.56. The molecule has 2 heterocycles. The Kier molecular flexibility index (Phi) is 1.32. The van der Waals surface area contributed by atoms with Gasteiger partial charge in [0.05, 0.1) is 11.1 Å². The fourth-order valence-electron chi connectivity index (χ4n) is 0.789. The highest BCUT2D eigenvalue weighted by Gasteiger charge is 1.98. The molecule has 0 saturated heterocycles. The van der Waals surface area contributed by atoms with Crippen LogP contribution >= 0.6 is 11.3 Å². The second kappa shape index (κ2) is 2.31. The van der Waals surface area contributed by atoms with Crippen LogP contribution in [0, 0.1) is 6.07 Å². The van der Waals surface area contributed by atoms with Crippen LogP contribution in [-0.4, -0.2) is 0 Å². The minimum absolute atomic E-state index is 0.898. The Morgan fingerprint density at radius 2 is 2.50 bits per heavy atom. The first-order valence-corrected chi connectivity index (χ1v) is 3.83. The van der Waals surface area contributed by atoms with Crippen molar-refractivity contribution >= 4 is 11.3 Å². The van der Waals surface area contributed by atoms with Crippen molar-refractivity contribution in [3.05, 3.63) is 35.9 Å². The monoisotopic (exact) mass is 149 g/mol. The van der Waals surface area contributed by atoms with Crippen LogP contribution in [0.5, 0.6) is 0 Å². The zero-order valence-corrected chi connectivity index (χ0v) is 6.02. The molecule has 0 N–H and O–H groups in total. The minimum atomic E-state index is 0.898. The van der Waals surface area contributed by atoms with Crippen molar-refractivity contribution in [2.75, 3.05) is 0 Å². The molecular formula is C8H5OS. The largest absolute Gasteiger partial charge is 0.463 e. The molecule has 0 atom stereocenters. The minimum Gasteiger partial charge on any atom is -0.463 e. The summed E-state index contributed by atoms with van der Waals surface area (Å²) in [6, 6.07) is 8.72. The second-order valence-corrected chi connectivity index (χ2v) is 2.84. The van der Waals surface area contributed by atoms with Gasteiger partial charge in [0.15, 0.2) is 0 Å². The van der Waals surface area contributed by atoms with E-state index in [1.807, 2.05) is 23.6 Å². The summed E-state index contributed by atoms with van der Waals surface area (Å²) in [6.45, 7) is 0. The molecule has 0 aliphatic rings. The first-order chi connectivity index (χ1) is 4.97. The average Bonchev–Trinajstić information content (AvgIpc) is 2.59. The summed E-state index contributed by atoms with van der Waals surface area (Å²) in [5, 5.41) is 2.03. The van der Waals surface area contributed by atoms with Crippen molar-refractivity contribution in [2.45, 2.75) is 0 Å². The molecule has 0 unspecified atom stereocenters. The van der Waals surface area contributed by atoms with Crippen molar-refractivity contribution in [3.8, 4) is 10.6 Å². The normalized spacial score (nSPS) is 10.0. The summed E-state index contributed by atoms with van der Waals surface area (Å²) in [4.78, 5) is 1.15. The number of hydrogen-bond acceptors (Lipinski definition) is 2. The maximum absolute atomic E-state index is 5.13. The van der Waals surface area contributed by atoms with Gasteiger partial charge >= 0.3 is 0 Å². The van der Waals surface area contributed by atoms with Gasteiger partial charge < -0.3 is 4.42 Å². The molecule has 2 aromatic heterocycles. The molecule has 0 spiro atoms. The van der Waals surface area contributed by atoms with Gasteiger partial charge in [-0.3, -0.25) is 0 Å². The predicted octanol–water partition coefficient (Wildman–Crippen LogP) is 2.81. The van der Waals surface area contributed by atoms with Crippen LogP contribution in [0.15, 0.2) is 34.3 Å². The van der Waals surface area contributed by atoms with E-state index >= 15 is 0 Å². The molecule has 2 rings (SSSR count).